The minimum Gasteiger partial charge on any atom is -0.507 e. The summed E-state index contributed by atoms with van der Waals surface area (Å²) >= 11 is 0. The molecule has 1 aromatic carbocycles. The quantitative estimate of drug-likeness (QED) is 0.861. The number of hydrogen-bond acceptors (Lipinski definition) is 2. The van der Waals surface area contributed by atoms with Gasteiger partial charge in [0.2, 0.25) is 0 Å². The Morgan fingerprint density at radius 2 is 2.12 bits per heavy atom. The first-order valence-electron chi connectivity index (χ1n) is 4.75. The third-order valence-electron chi connectivity index (χ3n) is 2.14. The van der Waals surface area contributed by atoms with Crippen molar-refractivity contribution in [2.75, 3.05) is 13.6 Å². The van der Waals surface area contributed by atoms with Gasteiger partial charge in [0.15, 0.2) is 0 Å². The fourth-order valence-corrected chi connectivity index (χ4v) is 1.32. The Morgan fingerprint density at radius 3 is 2.62 bits per heavy atom. The molecule has 0 aliphatic carbocycles. The van der Waals surface area contributed by atoms with Crippen LogP contribution in [0.25, 0.3) is 0 Å². The molecule has 1 amide bonds. The van der Waals surface area contributed by atoms with Crippen molar-refractivity contribution in [1.29, 1.82) is 0 Å². The van der Waals surface area contributed by atoms with E-state index >= 15 is 0 Å². The van der Waals surface area contributed by atoms with E-state index in [-0.39, 0.29) is 11.3 Å². The molecule has 5 heteroatoms. The number of benzene rings is 1. The zero-order chi connectivity index (χ0) is 12.3. The van der Waals surface area contributed by atoms with Gasteiger partial charge in [-0.2, -0.15) is 0 Å². The Bertz CT molecular complexity index is 394. The van der Waals surface area contributed by atoms with Crippen LogP contribution in [0.3, 0.4) is 0 Å². The Hall–Kier alpha value is -1.65. The van der Waals surface area contributed by atoms with Crippen molar-refractivity contribution >= 4 is 5.91 Å². The van der Waals surface area contributed by atoms with Crippen LogP contribution in [-0.4, -0.2) is 35.9 Å². The largest absolute Gasteiger partial charge is 0.507 e. The van der Waals surface area contributed by atoms with Crippen molar-refractivity contribution in [2.24, 2.45) is 0 Å². The predicted molar refractivity (Wildman–Crippen MR) is 55.8 cm³/mol. The van der Waals surface area contributed by atoms with E-state index < -0.39 is 18.9 Å². The van der Waals surface area contributed by atoms with Gasteiger partial charge >= 0.3 is 0 Å². The average molecular weight is 229 g/mol. The summed E-state index contributed by atoms with van der Waals surface area (Å²) < 4.78 is 24.1. The summed E-state index contributed by atoms with van der Waals surface area (Å²) in [6, 6.07) is 4.49. The van der Waals surface area contributed by atoms with Crippen LogP contribution in [0.4, 0.5) is 8.78 Å². The lowest BCUT2D eigenvalue weighted by atomic mass is 10.1. The molecular weight excluding hydrogens is 216 g/mol. The van der Waals surface area contributed by atoms with Gasteiger partial charge in [0.25, 0.3) is 12.3 Å². The third-order valence-corrected chi connectivity index (χ3v) is 2.14. The molecule has 0 atom stereocenters. The maximum atomic E-state index is 12.1. The number of halogens is 2. The predicted octanol–water partition coefficient (Wildman–Crippen LogP) is 2.04. The molecule has 1 rings (SSSR count). The molecule has 0 fully saturated rings. The van der Waals surface area contributed by atoms with Crippen LogP contribution in [-0.2, 0) is 0 Å². The second kappa shape index (κ2) is 4.92. The summed E-state index contributed by atoms with van der Waals surface area (Å²) in [6.45, 7) is 1.11. The molecule has 3 nitrogen and oxygen atoms in total. The molecule has 0 aliphatic rings. The zero-order valence-corrected chi connectivity index (χ0v) is 9.08. The van der Waals surface area contributed by atoms with Crippen molar-refractivity contribution < 1.29 is 18.7 Å². The number of carbonyl (C=O) groups excluding carboxylic acids is 1. The van der Waals surface area contributed by atoms with Crippen LogP contribution >= 0.6 is 0 Å². The smallest absolute Gasteiger partial charge is 0.257 e. The van der Waals surface area contributed by atoms with E-state index in [1.54, 1.807) is 13.0 Å². The first-order chi connectivity index (χ1) is 7.41. The highest BCUT2D eigenvalue weighted by atomic mass is 19.3. The molecule has 88 valence electrons. The van der Waals surface area contributed by atoms with E-state index in [1.165, 1.54) is 19.2 Å². The number of alkyl halides is 2. The van der Waals surface area contributed by atoms with Crippen LogP contribution in [0.2, 0.25) is 0 Å². The number of nitrogens with zero attached hydrogens (tertiary/aromatic N) is 1. The Balaban J connectivity index is 2.88. The van der Waals surface area contributed by atoms with Gasteiger partial charge in [0, 0.05) is 7.05 Å². The lowest BCUT2D eigenvalue weighted by Crippen LogP contribution is -2.31. The summed E-state index contributed by atoms with van der Waals surface area (Å²) in [5, 5.41) is 9.51. The topological polar surface area (TPSA) is 40.5 Å². The van der Waals surface area contributed by atoms with Crippen molar-refractivity contribution in [1.82, 2.24) is 4.90 Å². The van der Waals surface area contributed by atoms with Gasteiger partial charge in [-0.3, -0.25) is 4.79 Å². The minimum atomic E-state index is -2.58. The Morgan fingerprint density at radius 1 is 1.50 bits per heavy atom. The fourth-order valence-electron chi connectivity index (χ4n) is 1.32. The van der Waals surface area contributed by atoms with Gasteiger partial charge in [-0.25, -0.2) is 8.78 Å². The van der Waals surface area contributed by atoms with E-state index in [0.717, 1.165) is 10.5 Å². The van der Waals surface area contributed by atoms with Gasteiger partial charge in [-0.1, -0.05) is 6.07 Å². The summed E-state index contributed by atoms with van der Waals surface area (Å²) in [5.41, 5.74) is 0.833. The standard InChI is InChI=1S/C11H13F2NO2/c1-7-3-4-8(9(15)5-7)11(16)14(2)6-10(12)13/h3-5,10,15H,6H2,1-2H3. The molecular formula is C11H13F2NO2. The number of hydrogen-bond donors (Lipinski definition) is 1. The van der Waals surface area contributed by atoms with Gasteiger partial charge in [0.1, 0.15) is 5.75 Å². The molecule has 0 saturated heterocycles. The number of aromatic hydroxyl groups is 1. The highest BCUT2D eigenvalue weighted by molar-refractivity contribution is 5.96. The minimum absolute atomic E-state index is 0.0359. The second-order valence-corrected chi connectivity index (χ2v) is 3.60. The van der Waals surface area contributed by atoms with E-state index in [9.17, 15) is 18.7 Å². The molecule has 0 unspecified atom stereocenters. The first kappa shape index (κ1) is 12.4. The van der Waals surface area contributed by atoms with E-state index in [2.05, 4.69) is 0 Å². The molecule has 1 aromatic rings. The molecule has 0 bridgehead atoms. The number of aryl methyl sites for hydroxylation is 1. The lowest BCUT2D eigenvalue weighted by Gasteiger charge is -2.17. The van der Waals surface area contributed by atoms with Crippen molar-refractivity contribution in [2.45, 2.75) is 13.3 Å². The number of rotatable bonds is 3. The van der Waals surface area contributed by atoms with Crippen LogP contribution in [0.15, 0.2) is 18.2 Å². The summed E-state index contributed by atoms with van der Waals surface area (Å²) in [4.78, 5) is 12.5. The number of phenolic OH excluding ortho intramolecular Hbond substituents is 1. The van der Waals surface area contributed by atoms with E-state index in [1.807, 2.05) is 0 Å². The molecule has 0 aliphatic heterocycles. The molecule has 0 spiro atoms. The normalized spacial score (nSPS) is 10.6. The molecule has 0 saturated carbocycles. The fraction of sp³-hybridized carbons (Fsp3) is 0.364. The van der Waals surface area contributed by atoms with Crippen LogP contribution < -0.4 is 0 Å². The average Bonchev–Trinajstić information content (AvgIpc) is 2.15. The molecule has 1 N–H and O–H groups in total. The third kappa shape index (κ3) is 2.92. The molecule has 0 radical (unpaired) electrons. The van der Waals surface area contributed by atoms with Crippen molar-refractivity contribution in [3.8, 4) is 5.75 Å². The SMILES string of the molecule is Cc1ccc(C(=O)N(C)CC(F)F)c(O)c1. The van der Waals surface area contributed by atoms with Crippen molar-refractivity contribution in [3.05, 3.63) is 29.3 Å². The monoisotopic (exact) mass is 229 g/mol. The molecule has 16 heavy (non-hydrogen) atoms. The van der Waals surface area contributed by atoms with E-state index in [0.29, 0.717) is 0 Å². The van der Waals surface area contributed by atoms with Crippen molar-refractivity contribution in [3.63, 3.8) is 0 Å². The summed E-state index contributed by atoms with van der Waals surface area (Å²) in [7, 11) is 1.27. The molecule has 0 heterocycles. The first-order valence-corrected chi connectivity index (χ1v) is 4.75. The maximum Gasteiger partial charge on any atom is 0.257 e. The van der Waals surface area contributed by atoms with Gasteiger partial charge in [0.05, 0.1) is 12.1 Å². The summed E-state index contributed by atoms with van der Waals surface area (Å²) in [5.74, 6) is -0.802. The Kier molecular flexibility index (Phi) is 3.82. The van der Waals surface area contributed by atoms with Crippen LogP contribution in [0, 0.1) is 6.92 Å². The summed E-state index contributed by atoms with van der Waals surface area (Å²) in [6.07, 6.45) is -2.58. The zero-order valence-electron chi connectivity index (χ0n) is 9.08. The highest BCUT2D eigenvalue weighted by Crippen LogP contribution is 2.20. The van der Waals surface area contributed by atoms with Gasteiger partial charge in [-0.15, -0.1) is 0 Å². The van der Waals surface area contributed by atoms with Gasteiger partial charge < -0.3 is 10.0 Å². The number of phenols is 1. The van der Waals surface area contributed by atoms with Gasteiger partial charge in [-0.05, 0) is 24.6 Å². The van der Waals surface area contributed by atoms with Crippen LogP contribution in [0.5, 0.6) is 5.75 Å². The maximum absolute atomic E-state index is 12.1. The van der Waals surface area contributed by atoms with Crippen LogP contribution in [0.1, 0.15) is 15.9 Å². The Labute approximate surface area is 92.3 Å². The second-order valence-electron chi connectivity index (χ2n) is 3.60. The number of amides is 1. The molecule has 0 aromatic heterocycles. The lowest BCUT2D eigenvalue weighted by molar-refractivity contribution is 0.0617. The van der Waals surface area contributed by atoms with E-state index in [4.69, 9.17) is 0 Å². The number of carbonyl (C=O) groups is 1. The highest BCUT2D eigenvalue weighted by Gasteiger charge is 2.18.